The van der Waals surface area contributed by atoms with Crippen molar-refractivity contribution in [3.8, 4) is 0 Å². The second-order valence-corrected chi connectivity index (χ2v) is 5.87. The molecule has 4 nitrogen and oxygen atoms in total. The minimum absolute atomic E-state index is 0.00317. The topological polar surface area (TPSA) is 57.8 Å². The van der Waals surface area contributed by atoms with Gasteiger partial charge in [0.15, 0.2) is 0 Å². The van der Waals surface area contributed by atoms with E-state index in [1.807, 2.05) is 18.2 Å². The van der Waals surface area contributed by atoms with E-state index < -0.39 is 0 Å². The molecule has 1 saturated carbocycles. The number of nitrogens with zero attached hydrogens (tertiary/aromatic N) is 1. The molecule has 2 N–H and O–H groups in total. The summed E-state index contributed by atoms with van der Waals surface area (Å²) in [5, 5.41) is 10.9. The number of rotatable bonds is 4. The average molecular weight is 257 g/mol. The highest BCUT2D eigenvalue weighted by Crippen LogP contribution is 2.51. The summed E-state index contributed by atoms with van der Waals surface area (Å²) < 4.78 is 0. The standard InChI is InChI=1S/C15H19N3O/c1-10(2)15(5-6-15)9-16-14(19)11-3-4-12-8-17-18-13(12)7-11/h3-4,7-8,10H,5-6,9H2,1-2H3,(H,16,19)(H,17,18). The summed E-state index contributed by atoms with van der Waals surface area (Å²) in [6, 6.07) is 5.62. The van der Waals surface area contributed by atoms with Gasteiger partial charge in [0.05, 0.1) is 11.7 Å². The van der Waals surface area contributed by atoms with Gasteiger partial charge in [-0.25, -0.2) is 0 Å². The molecule has 1 fully saturated rings. The lowest BCUT2D eigenvalue weighted by Gasteiger charge is -2.19. The number of amides is 1. The highest BCUT2D eigenvalue weighted by molar-refractivity contribution is 5.97. The molecular weight excluding hydrogens is 238 g/mol. The SMILES string of the molecule is CC(C)C1(CNC(=O)c2ccc3cn[nH]c3c2)CC1. The van der Waals surface area contributed by atoms with Gasteiger partial charge < -0.3 is 5.32 Å². The molecule has 0 atom stereocenters. The van der Waals surface area contributed by atoms with Crippen LogP contribution in [0.2, 0.25) is 0 Å². The van der Waals surface area contributed by atoms with Gasteiger partial charge in [0.1, 0.15) is 0 Å². The van der Waals surface area contributed by atoms with Gasteiger partial charge >= 0.3 is 0 Å². The van der Waals surface area contributed by atoms with E-state index in [1.54, 1.807) is 6.20 Å². The average Bonchev–Trinajstić information content (AvgIpc) is 3.06. The number of hydrogen-bond donors (Lipinski definition) is 2. The van der Waals surface area contributed by atoms with Crippen LogP contribution in [0, 0.1) is 11.3 Å². The lowest BCUT2D eigenvalue weighted by atomic mass is 9.92. The first-order valence-corrected chi connectivity index (χ1v) is 6.82. The van der Waals surface area contributed by atoms with Crippen LogP contribution in [0.5, 0.6) is 0 Å². The van der Waals surface area contributed by atoms with Gasteiger partial charge in [-0.15, -0.1) is 0 Å². The van der Waals surface area contributed by atoms with Crippen LogP contribution >= 0.6 is 0 Å². The van der Waals surface area contributed by atoms with Crippen molar-refractivity contribution in [2.24, 2.45) is 11.3 Å². The molecule has 1 aliphatic carbocycles. The molecule has 0 spiro atoms. The number of H-pyrrole nitrogens is 1. The van der Waals surface area contributed by atoms with Crippen molar-refractivity contribution in [2.45, 2.75) is 26.7 Å². The summed E-state index contributed by atoms with van der Waals surface area (Å²) in [5.74, 6) is 0.631. The summed E-state index contributed by atoms with van der Waals surface area (Å²) in [6.45, 7) is 5.25. The molecule has 1 heterocycles. The minimum Gasteiger partial charge on any atom is -0.351 e. The molecule has 0 radical (unpaired) electrons. The van der Waals surface area contributed by atoms with Crippen molar-refractivity contribution >= 4 is 16.8 Å². The molecule has 0 bridgehead atoms. The number of benzene rings is 1. The number of carbonyl (C=O) groups excluding carboxylic acids is 1. The van der Waals surface area contributed by atoms with Crippen molar-refractivity contribution in [1.29, 1.82) is 0 Å². The van der Waals surface area contributed by atoms with Crippen LogP contribution in [0.1, 0.15) is 37.0 Å². The third-order valence-corrected chi connectivity index (χ3v) is 4.42. The van der Waals surface area contributed by atoms with Crippen molar-refractivity contribution in [1.82, 2.24) is 15.5 Å². The Morgan fingerprint density at radius 3 is 2.95 bits per heavy atom. The van der Waals surface area contributed by atoms with Crippen LogP contribution in [-0.2, 0) is 0 Å². The van der Waals surface area contributed by atoms with E-state index in [4.69, 9.17) is 0 Å². The quantitative estimate of drug-likeness (QED) is 0.884. The summed E-state index contributed by atoms with van der Waals surface area (Å²) >= 11 is 0. The van der Waals surface area contributed by atoms with Crippen LogP contribution in [-0.4, -0.2) is 22.6 Å². The largest absolute Gasteiger partial charge is 0.351 e. The third kappa shape index (κ3) is 2.23. The Hall–Kier alpha value is -1.84. The fourth-order valence-electron chi connectivity index (χ4n) is 2.56. The zero-order valence-electron chi connectivity index (χ0n) is 11.4. The second-order valence-electron chi connectivity index (χ2n) is 5.87. The molecule has 19 heavy (non-hydrogen) atoms. The van der Waals surface area contributed by atoms with Gasteiger partial charge in [-0.05, 0) is 36.3 Å². The van der Waals surface area contributed by atoms with Gasteiger partial charge in [-0.3, -0.25) is 9.89 Å². The summed E-state index contributed by atoms with van der Waals surface area (Å²) in [6.07, 6.45) is 4.21. The van der Waals surface area contributed by atoms with Gasteiger partial charge in [0.2, 0.25) is 0 Å². The van der Waals surface area contributed by atoms with Crippen LogP contribution < -0.4 is 5.32 Å². The highest BCUT2D eigenvalue weighted by Gasteiger charge is 2.45. The Morgan fingerprint density at radius 2 is 2.26 bits per heavy atom. The maximum absolute atomic E-state index is 12.2. The lowest BCUT2D eigenvalue weighted by Crippen LogP contribution is -2.32. The molecule has 1 amide bonds. The van der Waals surface area contributed by atoms with E-state index in [-0.39, 0.29) is 5.91 Å². The normalized spacial score (nSPS) is 16.8. The fraction of sp³-hybridized carbons (Fsp3) is 0.467. The van der Waals surface area contributed by atoms with Gasteiger partial charge in [0.25, 0.3) is 5.91 Å². The van der Waals surface area contributed by atoms with Gasteiger partial charge in [0, 0.05) is 17.5 Å². The Morgan fingerprint density at radius 1 is 1.47 bits per heavy atom. The predicted molar refractivity (Wildman–Crippen MR) is 74.9 cm³/mol. The van der Waals surface area contributed by atoms with Crippen LogP contribution in [0.15, 0.2) is 24.4 Å². The molecule has 1 aromatic heterocycles. The lowest BCUT2D eigenvalue weighted by molar-refractivity contribution is 0.0940. The van der Waals surface area contributed by atoms with E-state index in [9.17, 15) is 4.79 Å². The predicted octanol–water partition coefficient (Wildman–Crippen LogP) is 2.73. The maximum atomic E-state index is 12.2. The molecule has 0 saturated heterocycles. The molecule has 1 aliphatic rings. The Kier molecular flexibility index (Phi) is 2.81. The number of hydrogen-bond acceptors (Lipinski definition) is 2. The summed E-state index contributed by atoms with van der Waals surface area (Å²) in [7, 11) is 0. The minimum atomic E-state index is 0.00317. The van der Waals surface area contributed by atoms with Crippen LogP contribution in [0.3, 0.4) is 0 Å². The van der Waals surface area contributed by atoms with Crippen molar-refractivity contribution in [3.63, 3.8) is 0 Å². The number of nitrogens with one attached hydrogen (secondary N) is 2. The summed E-state index contributed by atoms with van der Waals surface area (Å²) in [4.78, 5) is 12.2. The zero-order valence-corrected chi connectivity index (χ0v) is 11.4. The Balaban J connectivity index is 1.70. The van der Waals surface area contributed by atoms with Crippen molar-refractivity contribution < 1.29 is 4.79 Å². The Bertz CT molecular complexity index is 611. The zero-order chi connectivity index (χ0) is 13.5. The Labute approximate surface area is 112 Å². The van der Waals surface area contributed by atoms with E-state index in [0.29, 0.717) is 16.9 Å². The molecule has 2 aromatic rings. The molecule has 1 aromatic carbocycles. The monoisotopic (exact) mass is 257 g/mol. The first-order chi connectivity index (χ1) is 9.11. The number of aromatic nitrogens is 2. The first kappa shape index (κ1) is 12.2. The first-order valence-electron chi connectivity index (χ1n) is 6.82. The molecular formula is C15H19N3O. The third-order valence-electron chi connectivity index (χ3n) is 4.42. The van der Waals surface area contributed by atoms with Crippen molar-refractivity contribution in [3.05, 3.63) is 30.0 Å². The number of fused-ring (bicyclic) bond motifs is 1. The summed E-state index contributed by atoms with van der Waals surface area (Å²) in [5.41, 5.74) is 1.93. The molecule has 3 rings (SSSR count). The number of aromatic amines is 1. The fourth-order valence-corrected chi connectivity index (χ4v) is 2.56. The molecule has 0 aliphatic heterocycles. The van der Waals surface area contributed by atoms with E-state index >= 15 is 0 Å². The van der Waals surface area contributed by atoms with Gasteiger partial charge in [-0.1, -0.05) is 19.9 Å². The molecule has 100 valence electrons. The molecule has 4 heteroatoms. The van der Waals surface area contributed by atoms with Crippen molar-refractivity contribution in [2.75, 3.05) is 6.54 Å². The van der Waals surface area contributed by atoms with Crippen LogP contribution in [0.25, 0.3) is 10.9 Å². The number of carbonyl (C=O) groups is 1. The van der Waals surface area contributed by atoms with E-state index in [0.717, 1.165) is 17.4 Å². The van der Waals surface area contributed by atoms with Crippen LogP contribution in [0.4, 0.5) is 0 Å². The smallest absolute Gasteiger partial charge is 0.251 e. The van der Waals surface area contributed by atoms with E-state index in [1.165, 1.54) is 12.8 Å². The highest BCUT2D eigenvalue weighted by atomic mass is 16.1. The second kappa shape index (κ2) is 4.37. The molecule has 0 unspecified atom stereocenters. The van der Waals surface area contributed by atoms with E-state index in [2.05, 4.69) is 29.4 Å². The maximum Gasteiger partial charge on any atom is 0.251 e. The van der Waals surface area contributed by atoms with Gasteiger partial charge in [-0.2, -0.15) is 5.10 Å².